The van der Waals surface area contributed by atoms with E-state index in [1.165, 1.54) is 0 Å². The number of piperazine rings is 1. The van der Waals surface area contributed by atoms with Gasteiger partial charge < -0.3 is 20.0 Å². The van der Waals surface area contributed by atoms with Crippen LogP contribution >= 0.6 is 0 Å². The van der Waals surface area contributed by atoms with Gasteiger partial charge in [-0.2, -0.15) is 0 Å². The molecule has 6 nitrogen and oxygen atoms in total. The Labute approximate surface area is 173 Å². The molecule has 154 valence electrons. The molecule has 2 aromatic carbocycles. The lowest BCUT2D eigenvalue weighted by molar-refractivity contribution is -0.146. The van der Waals surface area contributed by atoms with Gasteiger partial charge >= 0.3 is 0 Å². The van der Waals surface area contributed by atoms with Crippen molar-refractivity contribution in [3.63, 3.8) is 0 Å². The molecule has 1 N–H and O–H groups in total. The average Bonchev–Trinajstić information content (AvgIpc) is 2.74. The summed E-state index contributed by atoms with van der Waals surface area (Å²) in [6.45, 7) is 6.15. The van der Waals surface area contributed by atoms with Crippen molar-refractivity contribution in [2.24, 2.45) is 5.41 Å². The first-order valence-electron chi connectivity index (χ1n) is 9.97. The van der Waals surface area contributed by atoms with Crippen LogP contribution < -0.4 is 15.1 Å². The van der Waals surface area contributed by atoms with Gasteiger partial charge in [-0.1, -0.05) is 18.2 Å². The first-order valence-corrected chi connectivity index (χ1v) is 9.97. The Hall–Kier alpha value is -3.02. The second kappa shape index (κ2) is 8.55. The number of amides is 2. The second-order valence-corrected chi connectivity index (χ2v) is 8.14. The SMILES string of the molecule is CN(C)c1ccc(NC(=O)C(C)(C)C(=O)N2CCN(c3ccccc3)CC2)cc1. The highest BCUT2D eigenvalue weighted by atomic mass is 16.2. The third-order valence-corrected chi connectivity index (χ3v) is 5.43. The molecule has 2 amide bonds. The van der Waals surface area contributed by atoms with Crippen molar-refractivity contribution in [1.29, 1.82) is 0 Å². The Kier molecular flexibility index (Phi) is 6.11. The minimum Gasteiger partial charge on any atom is -0.378 e. The maximum absolute atomic E-state index is 13.1. The molecule has 1 saturated heterocycles. The van der Waals surface area contributed by atoms with Gasteiger partial charge in [-0.05, 0) is 50.2 Å². The molecule has 0 atom stereocenters. The average molecular weight is 395 g/mol. The van der Waals surface area contributed by atoms with E-state index < -0.39 is 5.41 Å². The predicted molar refractivity (Wildman–Crippen MR) is 118 cm³/mol. The summed E-state index contributed by atoms with van der Waals surface area (Å²) >= 11 is 0. The molecule has 2 aromatic rings. The topological polar surface area (TPSA) is 55.9 Å². The van der Waals surface area contributed by atoms with Gasteiger partial charge in [0, 0.05) is 57.3 Å². The summed E-state index contributed by atoms with van der Waals surface area (Å²) in [4.78, 5) is 32.0. The normalized spacial score (nSPS) is 14.5. The highest BCUT2D eigenvalue weighted by Crippen LogP contribution is 2.25. The molecule has 0 bridgehead atoms. The van der Waals surface area contributed by atoms with Crippen molar-refractivity contribution in [3.05, 3.63) is 54.6 Å². The zero-order valence-corrected chi connectivity index (χ0v) is 17.7. The third-order valence-electron chi connectivity index (χ3n) is 5.43. The van der Waals surface area contributed by atoms with E-state index in [0.717, 1.165) is 24.5 Å². The molecule has 0 radical (unpaired) electrons. The van der Waals surface area contributed by atoms with E-state index >= 15 is 0 Å². The Morgan fingerprint density at radius 1 is 0.897 bits per heavy atom. The van der Waals surface area contributed by atoms with Crippen molar-refractivity contribution in [1.82, 2.24) is 4.90 Å². The Morgan fingerprint density at radius 2 is 1.48 bits per heavy atom. The quantitative estimate of drug-likeness (QED) is 0.792. The maximum atomic E-state index is 13.1. The molecule has 0 saturated carbocycles. The predicted octanol–water partition coefficient (Wildman–Crippen LogP) is 3.07. The van der Waals surface area contributed by atoms with Crippen LogP contribution in [-0.4, -0.2) is 57.0 Å². The van der Waals surface area contributed by atoms with E-state index in [9.17, 15) is 9.59 Å². The fraction of sp³-hybridized carbons (Fsp3) is 0.391. The number of anilines is 3. The number of carbonyl (C=O) groups excluding carboxylic acids is 2. The lowest BCUT2D eigenvalue weighted by Gasteiger charge is -2.39. The molecule has 0 aromatic heterocycles. The first kappa shape index (κ1) is 20.7. The fourth-order valence-corrected chi connectivity index (χ4v) is 3.43. The maximum Gasteiger partial charge on any atom is 0.239 e. The number of nitrogens with zero attached hydrogens (tertiary/aromatic N) is 3. The van der Waals surface area contributed by atoms with Gasteiger partial charge in [0.15, 0.2) is 0 Å². The molecule has 29 heavy (non-hydrogen) atoms. The second-order valence-electron chi connectivity index (χ2n) is 8.14. The van der Waals surface area contributed by atoms with Crippen LogP contribution in [0.5, 0.6) is 0 Å². The van der Waals surface area contributed by atoms with Crippen LogP contribution in [0.3, 0.4) is 0 Å². The van der Waals surface area contributed by atoms with Gasteiger partial charge in [-0.3, -0.25) is 9.59 Å². The summed E-state index contributed by atoms with van der Waals surface area (Å²) in [7, 11) is 3.93. The number of hydrogen-bond donors (Lipinski definition) is 1. The monoisotopic (exact) mass is 394 g/mol. The Balaban J connectivity index is 1.59. The molecule has 0 unspecified atom stereocenters. The smallest absolute Gasteiger partial charge is 0.239 e. The van der Waals surface area contributed by atoms with Crippen molar-refractivity contribution < 1.29 is 9.59 Å². The van der Waals surface area contributed by atoms with Gasteiger partial charge in [-0.25, -0.2) is 0 Å². The Morgan fingerprint density at radius 3 is 2.03 bits per heavy atom. The number of nitrogens with one attached hydrogen (secondary N) is 1. The van der Waals surface area contributed by atoms with Crippen molar-refractivity contribution >= 4 is 28.9 Å². The van der Waals surface area contributed by atoms with E-state index in [1.54, 1.807) is 18.7 Å². The Bertz CT molecular complexity index is 839. The number of carbonyl (C=O) groups is 2. The standard InChI is InChI=1S/C23H30N4O2/c1-23(2,21(28)24-18-10-12-19(13-11-18)25(3)4)22(29)27-16-14-26(15-17-27)20-8-6-5-7-9-20/h5-13H,14-17H2,1-4H3,(H,24,28). The molecule has 1 aliphatic rings. The number of benzene rings is 2. The summed E-state index contributed by atoms with van der Waals surface area (Å²) in [5, 5.41) is 2.89. The van der Waals surface area contributed by atoms with Crippen LogP contribution in [-0.2, 0) is 9.59 Å². The fourth-order valence-electron chi connectivity index (χ4n) is 3.43. The molecule has 3 rings (SSSR count). The summed E-state index contributed by atoms with van der Waals surface area (Å²) in [6, 6.07) is 17.8. The van der Waals surface area contributed by atoms with Crippen LogP contribution in [0, 0.1) is 5.41 Å². The van der Waals surface area contributed by atoms with E-state index in [4.69, 9.17) is 0 Å². The van der Waals surface area contributed by atoms with Gasteiger partial charge in [0.1, 0.15) is 5.41 Å². The zero-order chi connectivity index (χ0) is 21.0. The highest BCUT2D eigenvalue weighted by Gasteiger charge is 2.40. The minimum absolute atomic E-state index is 0.132. The van der Waals surface area contributed by atoms with Crippen LogP contribution in [0.15, 0.2) is 54.6 Å². The van der Waals surface area contributed by atoms with Crippen molar-refractivity contribution in [3.8, 4) is 0 Å². The molecule has 1 aliphatic heterocycles. The van der Waals surface area contributed by atoms with Crippen molar-refractivity contribution in [2.75, 3.05) is 55.4 Å². The molecule has 6 heteroatoms. The van der Waals surface area contributed by atoms with E-state index in [-0.39, 0.29) is 11.8 Å². The molecular weight excluding hydrogens is 364 g/mol. The van der Waals surface area contributed by atoms with Crippen molar-refractivity contribution in [2.45, 2.75) is 13.8 Å². The van der Waals surface area contributed by atoms with Crippen LogP contribution in [0.1, 0.15) is 13.8 Å². The van der Waals surface area contributed by atoms with E-state index in [2.05, 4.69) is 22.3 Å². The summed E-state index contributed by atoms with van der Waals surface area (Å²) in [6.07, 6.45) is 0. The summed E-state index contributed by atoms with van der Waals surface area (Å²) in [5.41, 5.74) is 1.78. The van der Waals surface area contributed by atoms with E-state index in [0.29, 0.717) is 18.8 Å². The third kappa shape index (κ3) is 4.70. The zero-order valence-electron chi connectivity index (χ0n) is 17.7. The van der Waals surface area contributed by atoms with Gasteiger partial charge in [-0.15, -0.1) is 0 Å². The lowest BCUT2D eigenvalue weighted by Crippen LogP contribution is -2.54. The number of hydrogen-bond acceptors (Lipinski definition) is 4. The number of rotatable bonds is 5. The number of para-hydroxylation sites is 1. The largest absolute Gasteiger partial charge is 0.378 e. The molecule has 1 heterocycles. The van der Waals surface area contributed by atoms with Crippen LogP contribution in [0.25, 0.3) is 0 Å². The molecular formula is C23H30N4O2. The van der Waals surface area contributed by atoms with E-state index in [1.807, 2.05) is 61.5 Å². The van der Waals surface area contributed by atoms with Crippen LogP contribution in [0.4, 0.5) is 17.1 Å². The van der Waals surface area contributed by atoms with Crippen LogP contribution in [0.2, 0.25) is 0 Å². The molecule has 0 aliphatic carbocycles. The van der Waals surface area contributed by atoms with Gasteiger partial charge in [0.05, 0.1) is 0 Å². The summed E-state index contributed by atoms with van der Waals surface area (Å²) in [5.74, 6) is -0.418. The molecule has 0 spiro atoms. The highest BCUT2D eigenvalue weighted by molar-refractivity contribution is 6.09. The lowest BCUT2D eigenvalue weighted by atomic mass is 9.89. The minimum atomic E-state index is -1.13. The first-order chi connectivity index (χ1) is 13.8. The van der Waals surface area contributed by atoms with Gasteiger partial charge in [0.2, 0.25) is 11.8 Å². The summed E-state index contributed by atoms with van der Waals surface area (Å²) < 4.78 is 0. The molecule has 1 fully saturated rings. The van der Waals surface area contributed by atoms with Gasteiger partial charge in [0.25, 0.3) is 0 Å².